The Morgan fingerprint density at radius 1 is 1.21 bits per heavy atom. The molecule has 1 heterocycles. The maximum Gasteiger partial charge on any atom is 0.272 e. The first-order valence-corrected chi connectivity index (χ1v) is 7.73. The van der Waals surface area contributed by atoms with Crippen molar-refractivity contribution in [1.29, 1.82) is 0 Å². The van der Waals surface area contributed by atoms with Crippen molar-refractivity contribution in [3.05, 3.63) is 68.4 Å². The third-order valence-corrected chi connectivity index (χ3v) is 4.03. The van der Waals surface area contributed by atoms with E-state index in [1.165, 1.54) is 0 Å². The first-order chi connectivity index (χ1) is 11.6. The maximum absolute atomic E-state index is 11.8. The molecule has 0 saturated heterocycles. The van der Waals surface area contributed by atoms with Crippen LogP contribution in [0.3, 0.4) is 0 Å². The SMILES string of the molecule is O=c1[nH]nc(NCC(=NO)c2ccc(Cl)cc2Cl)c2ccccc12. The number of anilines is 1. The Hall–Kier alpha value is -2.57. The summed E-state index contributed by atoms with van der Waals surface area (Å²) in [6.07, 6.45) is 0. The minimum absolute atomic E-state index is 0.154. The number of rotatable bonds is 4. The Balaban J connectivity index is 1.90. The van der Waals surface area contributed by atoms with Crippen molar-refractivity contribution in [3.63, 3.8) is 0 Å². The van der Waals surface area contributed by atoms with Crippen LogP contribution in [0.5, 0.6) is 0 Å². The Kier molecular flexibility index (Phi) is 4.69. The second-order valence-corrected chi connectivity index (χ2v) is 5.81. The van der Waals surface area contributed by atoms with Crippen LogP contribution in [0, 0.1) is 0 Å². The number of hydrogen-bond donors (Lipinski definition) is 3. The first-order valence-electron chi connectivity index (χ1n) is 6.98. The summed E-state index contributed by atoms with van der Waals surface area (Å²) in [6, 6.07) is 12.0. The monoisotopic (exact) mass is 362 g/mol. The van der Waals surface area contributed by atoms with E-state index in [-0.39, 0.29) is 12.1 Å². The van der Waals surface area contributed by atoms with Crippen molar-refractivity contribution < 1.29 is 5.21 Å². The van der Waals surface area contributed by atoms with Crippen LogP contribution < -0.4 is 10.9 Å². The maximum atomic E-state index is 11.8. The van der Waals surface area contributed by atoms with Crippen molar-refractivity contribution in [2.24, 2.45) is 5.16 Å². The number of hydrogen-bond acceptors (Lipinski definition) is 5. The predicted octanol–water partition coefficient (Wildman–Crippen LogP) is 3.52. The van der Waals surface area contributed by atoms with Crippen LogP contribution in [0.2, 0.25) is 10.0 Å². The first kappa shape index (κ1) is 16.3. The van der Waals surface area contributed by atoms with Gasteiger partial charge in [-0.25, -0.2) is 5.10 Å². The molecule has 24 heavy (non-hydrogen) atoms. The fourth-order valence-electron chi connectivity index (χ4n) is 2.32. The van der Waals surface area contributed by atoms with Crippen LogP contribution in [0.25, 0.3) is 10.8 Å². The highest BCUT2D eigenvalue weighted by Gasteiger charge is 2.12. The summed E-state index contributed by atoms with van der Waals surface area (Å²) in [5.41, 5.74) is 0.589. The van der Waals surface area contributed by atoms with Gasteiger partial charge in [-0.2, -0.15) is 5.10 Å². The lowest BCUT2D eigenvalue weighted by Crippen LogP contribution is -2.19. The molecule has 0 aliphatic rings. The summed E-state index contributed by atoms with van der Waals surface area (Å²) in [6.45, 7) is 0.154. The Labute approximate surface area is 146 Å². The second kappa shape index (κ2) is 6.90. The van der Waals surface area contributed by atoms with Crippen molar-refractivity contribution in [2.75, 3.05) is 11.9 Å². The van der Waals surface area contributed by atoms with E-state index in [1.807, 2.05) is 6.07 Å². The number of nitrogens with one attached hydrogen (secondary N) is 2. The van der Waals surface area contributed by atoms with Crippen LogP contribution in [0.1, 0.15) is 5.56 Å². The molecule has 8 heteroatoms. The molecule has 2 aromatic carbocycles. The van der Waals surface area contributed by atoms with Gasteiger partial charge in [0, 0.05) is 16.0 Å². The number of benzene rings is 2. The third-order valence-electron chi connectivity index (χ3n) is 3.48. The Bertz CT molecular complexity index is 985. The van der Waals surface area contributed by atoms with Crippen LogP contribution in [-0.4, -0.2) is 27.7 Å². The highest BCUT2D eigenvalue weighted by Crippen LogP contribution is 2.22. The van der Waals surface area contributed by atoms with Crippen LogP contribution in [0.15, 0.2) is 52.4 Å². The minimum atomic E-state index is -0.270. The van der Waals surface area contributed by atoms with Crippen LogP contribution in [-0.2, 0) is 0 Å². The molecule has 0 aliphatic heterocycles. The molecule has 0 amide bonds. The van der Waals surface area contributed by atoms with Crippen molar-refractivity contribution in [1.82, 2.24) is 10.2 Å². The summed E-state index contributed by atoms with van der Waals surface area (Å²) in [4.78, 5) is 11.8. The van der Waals surface area contributed by atoms with Gasteiger partial charge < -0.3 is 10.5 Å². The smallest absolute Gasteiger partial charge is 0.272 e. The van der Waals surface area contributed by atoms with E-state index in [9.17, 15) is 10.0 Å². The predicted molar refractivity (Wildman–Crippen MR) is 95.6 cm³/mol. The number of H-pyrrole nitrogens is 1. The average Bonchev–Trinajstić information content (AvgIpc) is 2.59. The molecule has 0 unspecified atom stereocenters. The van der Waals surface area contributed by atoms with E-state index in [2.05, 4.69) is 20.7 Å². The highest BCUT2D eigenvalue weighted by molar-refractivity contribution is 6.37. The molecule has 0 bridgehead atoms. The quantitative estimate of drug-likeness (QED) is 0.376. The number of fused-ring (bicyclic) bond motifs is 1. The zero-order valence-corrected chi connectivity index (χ0v) is 13.8. The van der Waals surface area contributed by atoms with Gasteiger partial charge in [0.2, 0.25) is 0 Å². The fourth-order valence-corrected chi connectivity index (χ4v) is 2.84. The number of aromatic nitrogens is 2. The molecule has 0 fully saturated rings. The molecule has 3 rings (SSSR count). The summed E-state index contributed by atoms with van der Waals surface area (Å²) in [7, 11) is 0. The molecule has 0 aliphatic carbocycles. The molecule has 0 saturated carbocycles. The molecule has 0 atom stereocenters. The lowest BCUT2D eigenvalue weighted by molar-refractivity contribution is 0.319. The molecule has 3 N–H and O–H groups in total. The normalized spacial score (nSPS) is 11.7. The van der Waals surface area contributed by atoms with E-state index in [1.54, 1.807) is 36.4 Å². The largest absolute Gasteiger partial charge is 0.411 e. The highest BCUT2D eigenvalue weighted by atomic mass is 35.5. The van der Waals surface area contributed by atoms with Gasteiger partial charge in [-0.3, -0.25) is 4.79 Å². The van der Waals surface area contributed by atoms with Gasteiger partial charge >= 0.3 is 0 Å². The molecule has 1 aromatic heterocycles. The Morgan fingerprint density at radius 2 is 1.96 bits per heavy atom. The summed E-state index contributed by atoms with van der Waals surface area (Å²) in [5, 5.41) is 24.1. The number of aromatic amines is 1. The Morgan fingerprint density at radius 3 is 2.67 bits per heavy atom. The van der Waals surface area contributed by atoms with Gasteiger partial charge in [-0.05, 0) is 24.3 Å². The molecule has 122 valence electrons. The molecule has 0 radical (unpaired) electrons. The molecular formula is C16H12Cl2N4O2. The van der Waals surface area contributed by atoms with Gasteiger partial charge in [0.05, 0.1) is 17.0 Å². The molecule has 3 aromatic rings. The molecule has 6 nitrogen and oxygen atoms in total. The molecule has 0 spiro atoms. The van der Waals surface area contributed by atoms with Crippen LogP contribution >= 0.6 is 23.2 Å². The van der Waals surface area contributed by atoms with E-state index in [4.69, 9.17) is 23.2 Å². The van der Waals surface area contributed by atoms with E-state index in [0.29, 0.717) is 37.9 Å². The number of nitrogens with zero attached hydrogens (tertiary/aromatic N) is 2. The topological polar surface area (TPSA) is 90.4 Å². The summed E-state index contributed by atoms with van der Waals surface area (Å²) < 4.78 is 0. The van der Waals surface area contributed by atoms with Crippen LogP contribution in [0.4, 0.5) is 5.82 Å². The van der Waals surface area contributed by atoms with Crippen molar-refractivity contribution in [3.8, 4) is 0 Å². The lowest BCUT2D eigenvalue weighted by atomic mass is 10.1. The van der Waals surface area contributed by atoms with Gasteiger partial charge in [0.15, 0.2) is 5.82 Å². The minimum Gasteiger partial charge on any atom is -0.411 e. The van der Waals surface area contributed by atoms with Gasteiger partial charge in [-0.1, -0.05) is 46.6 Å². The zero-order valence-electron chi connectivity index (χ0n) is 12.3. The van der Waals surface area contributed by atoms with Gasteiger partial charge in [0.25, 0.3) is 5.56 Å². The second-order valence-electron chi connectivity index (χ2n) is 4.97. The van der Waals surface area contributed by atoms with E-state index >= 15 is 0 Å². The van der Waals surface area contributed by atoms with E-state index < -0.39 is 0 Å². The van der Waals surface area contributed by atoms with E-state index in [0.717, 1.165) is 0 Å². The number of halogens is 2. The lowest BCUT2D eigenvalue weighted by Gasteiger charge is -2.10. The zero-order chi connectivity index (χ0) is 17.1. The summed E-state index contributed by atoms with van der Waals surface area (Å²) in [5.74, 6) is 0.469. The molecular weight excluding hydrogens is 351 g/mol. The third kappa shape index (κ3) is 3.20. The van der Waals surface area contributed by atoms with Gasteiger partial charge in [-0.15, -0.1) is 0 Å². The average molecular weight is 363 g/mol. The van der Waals surface area contributed by atoms with Gasteiger partial charge in [0.1, 0.15) is 5.71 Å². The fraction of sp³-hybridized carbons (Fsp3) is 0.0625. The van der Waals surface area contributed by atoms with Crippen molar-refractivity contribution in [2.45, 2.75) is 0 Å². The van der Waals surface area contributed by atoms with Crippen molar-refractivity contribution >= 4 is 45.5 Å². The number of oxime groups is 1. The standard InChI is InChI=1S/C16H12Cl2N4O2/c17-9-5-6-12(13(18)7-9)14(22-24)8-19-15-10-3-1-2-4-11(10)16(23)21-20-15/h1-7,24H,8H2,(H,19,20)(H,21,23). The summed E-state index contributed by atoms with van der Waals surface area (Å²) >= 11 is 12.0.